The summed E-state index contributed by atoms with van der Waals surface area (Å²) in [6.45, 7) is 9.31. The van der Waals surface area contributed by atoms with Crippen molar-refractivity contribution in [3.05, 3.63) is 74.6 Å². The Morgan fingerprint density at radius 3 is 2.66 bits per heavy atom. The number of rotatable bonds is 4. The first-order valence-electron chi connectivity index (χ1n) is 10.6. The predicted molar refractivity (Wildman–Crippen MR) is 116 cm³/mol. The number of aryl methyl sites for hydroxylation is 2. The van der Waals surface area contributed by atoms with E-state index in [1.54, 1.807) is 0 Å². The molecule has 0 aliphatic carbocycles. The fourth-order valence-electron chi connectivity index (χ4n) is 4.75. The number of phenols is 1. The average Bonchev–Trinajstić information content (AvgIpc) is 2.69. The highest BCUT2D eigenvalue weighted by atomic mass is 16.4. The number of quaternary nitrogens is 1. The fourth-order valence-corrected chi connectivity index (χ4v) is 4.75. The molecule has 2 atom stereocenters. The molecule has 1 saturated heterocycles. The summed E-state index contributed by atoms with van der Waals surface area (Å²) < 4.78 is 5.65. The Bertz CT molecular complexity index is 1080. The summed E-state index contributed by atoms with van der Waals surface area (Å²) in [5.41, 5.74) is 4.61. The fraction of sp³-hybridized carbons (Fsp3) is 0.400. The normalized spacial score (nSPS) is 19.6. The molecule has 0 saturated carbocycles. The van der Waals surface area contributed by atoms with Crippen LogP contribution < -0.4 is 10.5 Å². The number of fused-ring (bicyclic) bond motifs is 1. The molecule has 1 fully saturated rings. The van der Waals surface area contributed by atoms with Crippen LogP contribution in [0.25, 0.3) is 11.0 Å². The molecular formula is C25H30NO3+. The van der Waals surface area contributed by atoms with Gasteiger partial charge in [0.05, 0.1) is 24.0 Å². The van der Waals surface area contributed by atoms with Gasteiger partial charge in [-0.2, -0.15) is 0 Å². The predicted octanol–water partition coefficient (Wildman–Crippen LogP) is 3.52. The van der Waals surface area contributed by atoms with Gasteiger partial charge >= 0.3 is 5.63 Å². The summed E-state index contributed by atoms with van der Waals surface area (Å²) in [5.74, 6) is 1.00. The van der Waals surface area contributed by atoms with E-state index >= 15 is 0 Å². The molecule has 0 radical (unpaired) electrons. The van der Waals surface area contributed by atoms with Gasteiger partial charge < -0.3 is 14.4 Å². The topological polar surface area (TPSA) is 54.9 Å². The molecule has 4 rings (SSSR count). The summed E-state index contributed by atoms with van der Waals surface area (Å²) in [6, 6.07) is 11.8. The molecule has 1 aliphatic heterocycles. The second-order valence-corrected chi connectivity index (χ2v) is 8.68. The van der Waals surface area contributed by atoms with Crippen molar-refractivity contribution >= 4 is 11.0 Å². The summed E-state index contributed by atoms with van der Waals surface area (Å²) >= 11 is 0. The van der Waals surface area contributed by atoms with E-state index in [0.717, 1.165) is 47.8 Å². The van der Waals surface area contributed by atoms with Crippen molar-refractivity contribution in [2.24, 2.45) is 5.92 Å². The molecule has 3 aromatic rings. The van der Waals surface area contributed by atoms with E-state index in [2.05, 4.69) is 6.92 Å². The van der Waals surface area contributed by atoms with E-state index in [0.29, 0.717) is 23.0 Å². The van der Waals surface area contributed by atoms with E-state index in [1.165, 1.54) is 17.7 Å². The highest BCUT2D eigenvalue weighted by Gasteiger charge is 2.24. The van der Waals surface area contributed by atoms with E-state index in [1.807, 2.05) is 50.2 Å². The molecule has 0 bridgehead atoms. The minimum Gasteiger partial charge on any atom is -0.507 e. The maximum Gasteiger partial charge on any atom is 0.340 e. The molecule has 4 nitrogen and oxygen atoms in total. The highest BCUT2D eigenvalue weighted by Crippen LogP contribution is 2.34. The lowest BCUT2D eigenvalue weighted by atomic mass is 9.95. The molecule has 1 aliphatic rings. The molecular weight excluding hydrogens is 362 g/mol. The van der Waals surface area contributed by atoms with E-state index in [-0.39, 0.29) is 11.4 Å². The minimum absolute atomic E-state index is 0.279. The Balaban J connectivity index is 1.78. The highest BCUT2D eigenvalue weighted by molar-refractivity contribution is 5.89. The van der Waals surface area contributed by atoms with Crippen LogP contribution in [0, 0.1) is 19.8 Å². The minimum atomic E-state index is -0.319. The quantitative estimate of drug-likeness (QED) is 0.668. The second kappa shape index (κ2) is 8.03. The van der Waals surface area contributed by atoms with Crippen molar-refractivity contribution in [3.63, 3.8) is 0 Å². The Hall–Kier alpha value is -2.59. The van der Waals surface area contributed by atoms with Crippen LogP contribution in [0.1, 0.15) is 47.6 Å². The van der Waals surface area contributed by atoms with E-state index in [9.17, 15) is 9.90 Å². The SMILES string of the molecule is Cc1cc2oc(=O)c(Cc3ccccc3)c(C)c2c(O)c1C[NH+]1CCC[C@H](C)C1. The summed E-state index contributed by atoms with van der Waals surface area (Å²) in [6.07, 6.45) is 3.03. The zero-order valence-electron chi connectivity index (χ0n) is 17.5. The molecule has 29 heavy (non-hydrogen) atoms. The van der Waals surface area contributed by atoms with Crippen LogP contribution in [-0.2, 0) is 13.0 Å². The van der Waals surface area contributed by atoms with Crippen LogP contribution in [0.4, 0.5) is 0 Å². The van der Waals surface area contributed by atoms with Crippen LogP contribution in [0.3, 0.4) is 0 Å². The first-order valence-corrected chi connectivity index (χ1v) is 10.6. The van der Waals surface area contributed by atoms with Gasteiger partial charge in [0.1, 0.15) is 17.9 Å². The summed E-state index contributed by atoms with van der Waals surface area (Å²) in [4.78, 5) is 14.2. The molecule has 1 aromatic heterocycles. The lowest BCUT2D eigenvalue weighted by Crippen LogP contribution is -3.12. The number of benzene rings is 2. The summed E-state index contributed by atoms with van der Waals surface area (Å²) in [5, 5.41) is 11.9. The Kier molecular flexibility index (Phi) is 5.46. The monoisotopic (exact) mass is 392 g/mol. The van der Waals surface area contributed by atoms with Crippen molar-refractivity contribution in [2.45, 2.75) is 46.6 Å². The van der Waals surface area contributed by atoms with Crippen molar-refractivity contribution in [1.29, 1.82) is 0 Å². The van der Waals surface area contributed by atoms with Crippen LogP contribution >= 0.6 is 0 Å². The van der Waals surface area contributed by atoms with Gasteiger partial charge in [-0.15, -0.1) is 0 Å². The van der Waals surface area contributed by atoms with Crippen LogP contribution in [0.15, 0.2) is 45.6 Å². The molecule has 2 aromatic carbocycles. The molecule has 2 heterocycles. The van der Waals surface area contributed by atoms with Gasteiger partial charge in [-0.25, -0.2) is 4.79 Å². The number of hydrogen-bond donors (Lipinski definition) is 2. The van der Waals surface area contributed by atoms with Gasteiger partial charge in [-0.1, -0.05) is 37.3 Å². The third kappa shape index (κ3) is 3.95. The third-order valence-electron chi connectivity index (χ3n) is 6.38. The van der Waals surface area contributed by atoms with Crippen LogP contribution in [0.2, 0.25) is 0 Å². The maximum atomic E-state index is 12.7. The average molecular weight is 393 g/mol. The van der Waals surface area contributed by atoms with Gasteiger partial charge in [0, 0.05) is 17.9 Å². The van der Waals surface area contributed by atoms with E-state index < -0.39 is 0 Å². The van der Waals surface area contributed by atoms with Crippen LogP contribution in [-0.4, -0.2) is 18.2 Å². The molecule has 2 N–H and O–H groups in total. The molecule has 152 valence electrons. The number of piperidine rings is 1. The van der Waals surface area contributed by atoms with Gasteiger partial charge in [-0.3, -0.25) is 0 Å². The largest absolute Gasteiger partial charge is 0.507 e. The Labute approximate surface area is 171 Å². The number of phenolic OH excluding ortho intramolecular Hbond substituents is 1. The van der Waals surface area contributed by atoms with Gasteiger partial charge in [-0.05, 0) is 49.4 Å². The number of nitrogens with one attached hydrogen (secondary N) is 1. The van der Waals surface area contributed by atoms with Gasteiger partial charge in [0.2, 0.25) is 0 Å². The number of likely N-dealkylation sites (tertiary alicyclic amines) is 1. The van der Waals surface area contributed by atoms with Crippen molar-refractivity contribution < 1.29 is 14.4 Å². The van der Waals surface area contributed by atoms with Gasteiger partial charge in [0.25, 0.3) is 0 Å². The molecule has 4 heteroatoms. The lowest BCUT2D eigenvalue weighted by Gasteiger charge is -2.28. The van der Waals surface area contributed by atoms with Crippen molar-refractivity contribution in [1.82, 2.24) is 0 Å². The smallest absolute Gasteiger partial charge is 0.340 e. The maximum absolute atomic E-state index is 12.7. The third-order valence-corrected chi connectivity index (χ3v) is 6.38. The number of hydrogen-bond acceptors (Lipinski definition) is 3. The molecule has 0 spiro atoms. The molecule has 0 amide bonds. The zero-order chi connectivity index (χ0) is 20.5. The second-order valence-electron chi connectivity index (χ2n) is 8.68. The standard InChI is InChI=1S/C25H29NO3/c1-16-8-7-11-26(14-16)15-21-17(2)12-22-23(24(21)27)18(3)20(25(28)29-22)13-19-9-5-4-6-10-19/h4-6,9-10,12,16,27H,7-8,11,13-15H2,1-3H3/p+1/t16-/m0/s1. The number of aromatic hydroxyl groups is 1. The zero-order valence-corrected chi connectivity index (χ0v) is 17.5. The molecule has 1 unspecified atom stereocenters. The van der Waals surface area contributed by atoms with Crippen molar-refractivity contribution in [3.8, 4) is 5.75 Å². The lowest BCUT2D eigenvalue weighted by molar-refractivity contribution is -0.922. The van der Waals surface area contributed by atoms with Crippen LogP contribution in [0.5, 0.6) is 5.75 Å². The Morgan fingerprint density at radius 2 is 1.93 bits per heavy atom. The van der Waals surface area contributed by atoms with Crippen molar-refractivity contribution in [2.75, 3.05) is 13.1 Å². The first kappa shape index (κ1) is 19.7. The summed E-state index contributed by atoms with van der Waals surface area (Å²) in [7, 11) is 0. The first-order chi connectivity index (χ1) is 13.9. The van der Waals surface area contributed by atoms with Gasteiger partial charge in [0.15, 0.2) is 0 Å². The van der Waals surface area contributed by atoms with E-state index in [4.69, 9.17) is 4.42 Å². The Morgan fingerprint density at radius 1 is 1.17 bits per heavy atom.